The largest absolute Gasteiger partial charge is 0.315 e. The van der Waals surface area contributed by atoms with E-state index in [1.165, 1.54) is 78.3 Å². The highest BCUT2D eigenvalue weighted by Gasteiger charge is 2.18. The van der Waals surface area contributed by atoms with Gasteiger partial charge in [0.25, 0.3) is 0 Å². The second kappa shape index (κ2) is 6.39. The summed E-state index contributed by atoms with van der Waals surface area (Å²) in [6.07, 6.45) is 2.33. The van der Waals surface area contributed by atoms with Crippen molar-refractivity contribution in [1.29, 1.82) is 0 Å². The Balaban J connectivity index is 1.65. The zero-order valence-electron chi connectivity index (χ0n) is 18.6. The van der Waals surface area contributed by atoms with E-state index in [4.69, 9.17) is 0 Å². The molecule has 0 amide bonds. The number of thiophene rings is 2. The lowest BCUT2D eigenvalue weighted by molar-refractivity contribution is 1.30. The fourth-order valence-corrected chi connectivity index (χ4v) is 8.31. The molecule has 0 saturated heterocycles. The summed E-state index contributed by atoms with van der Waals surface area (Å²) in [6.45, 7) is 0. The van der Waals surface area contributed by atoms with Crippen LogP contribution in [-0.2, 0) is 0 Å². The smallest absolute Gasteiger partial charge is 0.0620 e. The first kappa shape index (κ1) is 18.4. The Morgan fingerprint density at radius 2 is 1.17 bits per heavy atom. The molecule has 3 heteroatoms. The van der Waals surface area contributed by atoms with Crippen molar-refractivity contribution in [1.82, 2.24) is 4.40 Å². The van der Waals surface area contributed by atoms with E-state index in [9.17, 15) is 0 Å². The number of aromatic nitrogens is 1. The summed E-state index contributed by atoms with van der Waals surface area (Å²) in [4.78, 5) is 0. The van der Waals surface area contributed by atoms with Crippen molar-refractivity contribution in [3.05, 3.63) is 103 Å². The average molecular weight is 480 g/mol. The Hall–Kier alpha value is -3.92. The highest BCUT2D eigenvalue weighted by molar-refractivity contribution is 7.26. The minimum Gasteiger partial charge on any atom is -0.315 e. The van der Waals surface area contributed by atoms with E-state index >= 15 is 0 Å². The van der Waals surface area contributed by atoms with Crippen LogP contribution in [0.2, 0.25) is 0 Å². The first-order valence-electron chi connectivity index (χ1n) is 11.9. The van der Waals surface area contributed by atoms with Gasteiger partial charge in [-0.3, -0.25) is 0 Å². The Bertz CT molecular complexity index is 2330. The van der Waals surface area contributed by atoms with Gasteiger partial charge in [-0.05, 0) is 35.7 Å². The van der Waals surface area contributed by atoms with Gasteiger partial charge in [0.05, 0.1) is 11.0 Å². The highest BCUT2D eigenvalue weighted by atomic mass is 32.1. The lowest BCUT2D eigenvalue weighted by Crippen LogP contribution is -1.90. The van der Waals surface area contributed by atoms with Crippen molar-refractivity contribution in [2.45, 2.75) is 0 Å². The highest BCUT2D eigenvalue weighted by Crippen LogP contribution is 2.46. The number of fused-ring (bicyclic) bond motifs is 15. The maximum Gasteiger partial charge on any atom is 0.0620 e. The normalized spacial score (nSPS) is 12.6. The molecule has 0 aliphatic rings. The van der Waals surface area contributed by atoms with Gasteiger partial charge in [-0.1, -0.05) is 66.7 Å². The maximum absolute atomic E-state index is 2.46. The van der Waals surface area contributed by atoms with Crippen LogP contribution in [-0.4, -0.2) is 4.40 Å². The van der Waals surface area contributed by atoms with Crippen molar-refractivity contribution in [3.8, 4) is 0 Å². The van der Waals surface area contributed by atoms with Crippen molar-refractivity contribution in [3.63, 3.8) is 0 Å². The third kappa shape index (κ3) is 2.28. The van der Waals surface area contributed by atoms with Crippen molar-refractivity contribution in [2.75, 3.05) is 0 Å². The van der Waals surface area contributed by atoms with Crippen LogP contribution < -0.4 is 0 Å². The molecule has 0 radical (unpaired) electrons. The molecule has 0 fully saturated rings. The van der Waals surface area contributed by atoms with E-state index in [-0.39, 0.29) is 0 Å². The molecule has 0 unspecified atom stereocenters. The fourth-order valence-electron chi connectivity index (χ4n) is 6.07. The van der Waals surface area contributed by atoms with Gasteiger partial charge < -0.3 is 4.40 Å². The topological polar surface area (TPSA) is 4.41 Å². The Labute approximate surface area is 208 Å². The van der Waals surface area contributed by atoms with Crippen LogP contribution >= 0.6 is 22.7 Å². The van der Waals surface area contributed by atoms with Crippen LogP contribution in [0.15, 0.2) is 103 Å². The molecule has 0 N–H and O–H groups in total. The quantitative estimate of drug-likeness (QED) is 0.191. The van der Waals surface area contributed by atoms with Gasteiger partial charge in [0.1, 0.15) is 0 Å². The predicted octanol–water partition coefficient (Wildman–Crippen LogP) is 10.1. The monoisotopic (exact) mass is 479 g/mol. The van der Waals surface area contributed by atoms with Gasteiger partial charge >= 0.3 is 0 Å². The van der Waals surface area contributed by atoms with Gasteiger partial charge in [0.15, 0.2) is 0 Å². The van der Waals surface area contributed by atoms with Gasteiger partial charge in [0, 0.05) is 68.1 Å². The van der Waals surface area contributed by atoms with Crippen LogP contribution in [0.25, 0.3) is 78.3 Å². The zero-order valence-corrected chi connectivity index (χ0v) is 20.2. The molecule has 4 aromatic heterocycles. The zero-order chi connectivity index (χ0) is 22.7. The maximum atomic E-state index is 2.46. The first-order chi connectivity index (χ1) is 17.3. The lowest BCUT2D eigenvalue weighted by atomic mass is 9.98. The summed E-state index contributed by atoms with van der Waals surface area (Å²) in [5.74, 6) is 0. The molecule has 0 aliphatic carbocycles. The van der Waals surface area contributed by atoms with Crippen LogP contribution in [0.4, 0.5) is 0 Å². The van der Waals surface area contributed by atoms with E-state index in [0.717, 1.165) is 0 Å². The van der Waals surface area contributed by atoms with E-state index in [1.807, 2.05) is 22.7 Å². The minimum absolute atomic E-state index is 1.28. The second-order valence-electron chi connectivity index (χ2n) is 9.36. The molecule has 4 heterocycles. The van der Waals surface area contributed by atoms with Gasteiger partial charge in [-0.25, -0.2) is 0 Å². The third-order valence-corrected chi connectivity index (χ3v) is 9.82. The lowest BCUT2D eigenvalue weighted by Gasteiger charge is -2.12. The SMILES string of the molecule is c1ccc2c(c1)cn1c3cc4c(cc3c3ccc5sc6ccccc6c5c3c21)sc1ccccc14. The van der Waals surface area contributed by atoms with Crippen molar-refractivity contribution in [2.24, 2.45) is 0 Å². The number of rotatable bonds is 0. The first-order valence-corrected chi connectivity index (χ1v) is 13.5. The van der Waals surface area contributed by atoms with Gasteiger partial charge in [-0.2, -0.15) is 0 Å². The molecule has 5 aromatic carbocycles. The van der Waals surface area contributed by atoms with Crippen LogP contribution in [0.1, 0.15) is 0 Å². The molecule has 9 rings (SSSR count). The molecule has 0 spiro atoms. The molecule has 0 saturated carbocycles. The molecule has 0 atom stereocenters. The molecule has 1 nitrogen and oxygen atoms in total. The molecule has 35 heavy (non-hydrogen) atoms. The van der Waals surface area contributed by atoms with E-state index in [2.05, 4.69) is 108 Å². The second-order valence-corrected chi connectivity index (χ2v) is 11.5. The fraction of sp³-hybridized carbons (Fsp3) is 0. The molecule has 9 aromatic rings. The number of benzene rings is 5. The van der Waals surface area contributed by atoms with Gasteiger partial charge in [0.2, 0.25) is 0 Å². The number of nitrogens with zero attached hydrogens (tertiary/aromatic N) is 1. The third-order valence-electron chi connectivity index (χ3n) is 7.55. The van der Waals surface area contributed by atoms with Crippen LogP contribution in [0, 0.1) is 0 Å². The van der Waals surface area contributed by atoms with E-state index in [1.54, 1.807) is 0 Å². The predicted molar refractivity (Wildman–Crippen MR) is 156 cm³/mol. The summed E-state index contributed by atoms with van der Waals surface area (Å²) < 4.78 is 7.87. The van der Waals surface area contributed by atoms with Gasteiger partial charge in [-0.15, -0.1) is 22.7 Å². The summed E-state index contributed by atoms with van der Waals surface area (Å²) in [5.41, 5.74) is 2.59. The number of pyridine rings is 1. The molecule has 162 valence electrons. The Kier molecular flexibility index (Phi) is 3.36. The summed E-state index contributed by atoms with van der Waals surface area (Å²) in [6, 6.07) is 36.0. The number of hydrogen-bond acceptors (Lipinski definition) is 2. The van der Waals surface area contributed by atoms with Crippen molar-refractivity contribution < 1.29 is 0 Å². The molecular formula is C32H17NS2. The van der Waals surface area contributed by atoms with E-state index in [0.29, 0.717) is 0 Å². The summed E-state index contributed by atoms with van der Waals surface area (Å²) in [5, 5.41) is 12.1. The standard InChI is InChI=1S/C32H17NS2/c1-2-8-19-18(7-1)17-33-25-15-24-20-9-3-5-11-26(20)35-29(24)16-23(25)21-13-14-28-30(31(21)32(19)33)22-10-4-6-12-27(22)34-28/h1-17H. The Morgan fingerprint density at radius 1 is 0.457 bits per heavy atom. The van der Waals surface area contributed by atoms with Crippen LogP contribution in [0.3, 0.4) is 0 Å². The average Bonchev–Trinajstić information content (AvgIpc) is 3.58. The molecule has 0 bridgehead atoms. The van der Waals surface area contributed by atoms with Crippen LogP contribution in [0.5, 0.6) is 0 Å². The summed E-state index contributed by atoms with van der Waals surface area (Å²) in [7, 11) is 0. The number of hydrogen-bond donors (Lipinski definition) is 0. The Morgan fingerprint density at radius 3 is 2.06 bits per heavy atom. The summed E-state index contributed by atoms with van der Waals surface area (Å²) >= 11 is 3.79. The van der Waals surface area contributed by atoms with Crippen molar-refractivity contribution >= 4 is 101 Å². The molecule has 0 aliphatic heterocycles. The van der Waals surface area contributed by atoms with E-state index < -0.39 is 0 Å². The molecular weight excluding hydrogens is 462 g/mol. The minimum atomic E-state index is 1.28.